The third-order valence-electron chi connectivity index (χ3n) is 2.41. The highest BCUT2D eigenvalue weighted by Crippen LogP contribution is 2.28. The van der Waals surface area contributed by atoms with E-state index in [9.17, 15) is 13.2 Å². The molecule has 0 aliphatic carbocycles. The highest BCUT2D eigenvalue weighted by molar-refractivity contribution is 7.92. The van der Waals surface area contributed by atoms with Gasteiger partial charge in [0.1, 0.15) is 5.00 Å². The van der Waals surface area contributed by atoms with Gasteiger partial charge in [-0.15, -0.1) is 11.3 Å². The molecule has 0 saturated carbocycles. The van der Waals surface area contributed by atoms with Crippen LogP contribution in [0, 0.1) is 0 Å². The van der Waals surface area contributed by atoms with Gasteiger partial charge in [0.25, 0.3) is 0 Å². The van der Waals surface area contributed by atoms with Crippen molar-refractivity contribution in [3.63, 3.8) is 0 Å². The van der Waals surface area contributed by atoms with Gasteiger partial charge in [-0.25, -0.2) is 18.2 Å². The summed E-state index contributed by atoms with van der Waals surface area (Å²) < 4.78 is 26.4. The molecule has 1 heterocycles. The Balaban J connectivity index is 2.27. The van der Waals surface area contributed by atoms with E-state index in [0.717, 1.165) is 11.3 Å². The van der Waals surface area contributed by atoms with Gasteiger partial charge in [-0.05, 0) is 12.1 Å². The third-order valence-corrected chi connectivity index (χ3v) is 5.18. The number of benzene rings is 1. The summed E-state index contributed by atoms with van der Waals surface area (Å²) >= 11 is 12.7. The van der Waals surface area contributed by atoms with Crippen molar-refractivity contribution in [1.82, 2.24) is 4.98 Å². The Morgan fingerprint density at radius 1 is 1.33 bits per heavy atom. The lowest BCUT2D eigenvalue weighted by molar-refractivity contribution is 0.0692. The Morgan fingerprint density at radius 2 is 1.95 bits per heavy atom. The molecule has 0 fully saturated rings. The second kappa shape index (κ2) is 6.18. The average Bonchev–Trinajstić information content (AvgIpc) is 2.81. The zero-order valence-corrected chi connectivity index (χ0v) is 13.4. The van der Waals surface area contributed by atoms with Gasteiger partial charge in [-0.3, -0.25) is 4.72 Å². The zero-order valence-electron chi connectivity index (χ0n) is 10.2. The minimum Gasteiger partial charge on any atom is -0.476 e. The number of aromatic nitrogens is 1. The van der Waals surface area contributed by atoms with Gasteiger partial charge >= 0.3 is 5.97 Å². The van der Waals surface area contributed by atoms with E-state index >= 15 is 0 Å². The summed E-state index contributed by atoms with van der Waals surface area (Å²) in [4.78, 5) is 14.5. The van der Waals surface area contributed by atoms with Gasteiger partial charge < -0.3 is 5.11 Å². The summed E-state index contributed by atoms with van der Waals surface area (Å²) in [5, 5.41) is 9.27. The van der Waals surface area contributed by atoms with E-state index < -0.39 is 21.7 Å². The maximum Gasteiger partial charge on any atom is 0.357 e. The van der Waals surface area contributed by atoms with Crippen LogP contribution in [0.4, 0.5) is 5.00 Å². The van der Waals surface area contributed by atoms with Crippen LogP contribution in [0.3, 0.4) is 0 Å². The molecule has 112 valence electrons. The van der Waals surface area contributed by atoms with E-state index in [4.69, 9.17) is 28.3 Å². The predicted octanol–water partition coefficient (Wildman–Crippen LogP) is 3.09. The lowest BCUT2D eigenvalue weighted by Crippen LogP contribution is -2.16. The number of sulfonamides is 1. The normalized spacial score (nSPS) is 11.3. The minimum atomic E-state index is -3.87. The summed E-state index contributed by atoms with van der Waals surface area (Å²) in [6.07, 6.45) is 0. The number of nitrogens with zero attached hydrogens (tertiary/aromatic N) is 1. The first-order valence-corrected chi connectivity index (χ1v) is 8.69. The van der Waals surface area contributed by atoms with Crippen LogP contribution in [0.5, 0.6) is 0 Å². The van der Waals surface area contributed by atoms with E-state index in [1.165, 1.54) is 17.6 Å². The van der Waals surface area contributed by atoms with Crippen LogP contribution in [0.2, 0.25) is 10.0 Å². The number of carboxylic acid groups (broad SMARTS) is 1. The Bertz CT molecular complexity index is 769. The molecule has 2 N–H and O–H groups in total. The highest BCUT2D eigenvalue weighted by Gasteiger charge is 2.21. The molecular formula is C11H8Cl2N2O4S2. The summed E-state index contributed by atoms with van der Waals surface area (Å²) in [5.74, 6) is -1.78. The van der Waals surface area contributed by atoms with E-state index in [1.54, 1.807) is 6.07 Å². The van der Waals surface area contributed by atoms with Crippen molar-refractivity contribution in [2.45, 2.75) is 5.75 Å². The van der Waals surface area contributed by atoms with E-state index in [1.807, 2.05) is 0 Å². The second-order valence-corrected chi connectivity index (χ2v) is 7.29. The number of carbonyl (C=O) groups is 1. The molecule has 0 aliphatic heterocycles. The van der Waals surface area contributed by atoms with Crippen LogP contribution < -0.4 is 4.72 Å². The van der Waals surface area contributed by atoms with Gasteiger partial charge in [0.2, 0.25) is 10.0 Å². The van der Waals surface area contributed by atoms with Crippen molar-refractivity contribution in [2.24, 2.45) is 0 Å². The molecule has 0 radical (unpaired) electrons. The first kappa shape index (κ1) is 16.0. The summed E-state index contributed by atoms with van der Waals surface area (Å²) in [6.45, 7) is 0. The molecule has 6 nitrogen and oxygen atoms in total. The maximum atomic E-state index is 12.1. The monoisotopic (exact) mass is 366 g/mol. The Labute approximate surface area is 134 Å². The Kier molecular flexibility index (Phi) is 4.72. The first-order chi connectivity index (χ1) is 9.80. The molecule has 1 aromatic heterocycles. The van der Waals surface area contributed by atoms with E-state index in [2.05, 4.69) is 9.71 Å². The number of rotatable bonds is 5. The number of aromatic carboxylic acids is 1. The number of thiazole rings is 1. The van der Waals surface area contributed by atoms with Crippen molar-refractivity contribution in [3.05, 3.63) is 45.0 Å². The lowest BCUT2D eigenvalue weighted by atomic mass is 10.2. The molecule has 0 bridgehead atoms. The molecule has 0 spiro atoms. The van der Waals surface area contributed by atoms with Crippen molar-refractivity contribution in [3.8, 4) is 0 Å². The fourth-order valence-electron chi connectivity index (χ4n) is 1.51. The maximum absolute atomic E-state index is 12.1. The predicted molar refractivity (Wildman–Crippen MR) is 81.8 cm³/mol. The SMILES string of the molecule is O=C(O)c1ncsc1NS(=O)(=O)Cc1c(Cl)cccc1Cl. The van der Waals surface area contributed by atoms with Gasteiger partial charge in [0.05, 0.1) is 11.3 Å². The molecule has 0 aliphatic rings. The number of hydrogen-bond donors (Lipinski definition) is 2. The molecule has 2 aromatic rings. The van der Waals surface area contributed by atoms with E-state index in [-0.39, 0.29) is 26.3 Å². The average molecular weight is 367 g/mol. The summed E-state index contributed by atoms with van der Waals surface area (Å²) in [7, 11) is -3.87. The van der Waals surface area contributed by atoms with Gasteiger partial charge in [0, 0.05) is 15.6 Å². The number of anilines is 1. The van der Waals surface area contributed by atoms with Gasteiger partial charge in [0.15, 0.2) is 5.69 Å². The van der Waals surface area contributed by atoms with Crippen LogP contribution in [0.15, 0.2) is 23.7 Å². The number of hydrogen-bond acceptors (Lipinski definition) is 5. The molecular weight excluding hydrogens is 359 g/mol. The molecule has 0 amide bonds. The molecule has 2 rings (SSSR count). The number of nitrogens with one attached hydrogen (secondary N) is 1. The lowest BCUT2D eigenvalue weighted by Gasteiger charge is -2.09. The summed E-state index contributed by atoms with van der Waals surface area (Å²) in [6, 6.07) is 4.64. The number of carboxylic acids is 1. The smallest absolute Gasteiger partial charge is 0.357 e. The molecule has 0 atom stereocenters. The van der Waals surface area contributed by atoms with Crippen molar-refractivity contribution < 1.29 is 18.3 Å². The molecule has 0 saturated heterocycles. The topological polar surface area (TPSA) is 96.4 Å². The molecule has 0 unspecified atom stereocenters. The second-order valence-electron chi connectivity index (χ2n) is 3.90. The number of halogens is 2. The molecule has 10 heteroatoms. The summed E-state index contributed by atoms with van der Waals surface area (Å²) in [5.41, 5.74) is 1.13. The Morgan fingerprint density at radius 3 is 2.52 bits per heavy atom. The largest absolute Gasteiger partial charge is 0.476 e. The van der Waals surface area contributed by atoms with Crippen LogP contribution in [-0.2, 0) is 15.8 Å². The Hall–Kier alpha value is -1.35. The fraction of sp³-hybridized carbons (Fsp3) is 0.0909. The first-order valence-electron chi connectivity index (χ1n) is 5.40. The van der Waals surface area contributed by atoms with E-state index in [0.29, 0.717) is 0 Å². The quantitative estimate of drug-likeness (QED) is 0.847. The third kappa shape index (κ3) is 3.85. The van der Waals surface area contributed by atoms with Gasteiger partial charge in [-0.1, -0.05) is 29.3 Å². The zero-order chi connectivity index (χ0) is 15.6. The molecule has 1 aromatic carbocycles. The van der Waals surface area contributed by atoms with Crippen molar-refractivity contribution in [1.29, 1.82) is 0 Å². The van der Waals surface area contributed by atoms with Gasteiger partial charge in [-0.2, -0.15) is 0 Å². The van der Waals surface area contributed by atoms with Crippen LogP contribution in [-0.4, -0.2) is 24.5 Å². The van der Waals surface area contributed by atoms with Crippen LogP contribution in [0.1, 0.15) is 16.1 Å². The van der Waals surface area contributed by atoms with Crippen molar-refractivity contribution >= 4 is 55.5 Å². The standard InChI is InChI=1S/C11H8Cl2N2O4S2/c12-7-2-1-3-8(13)6(7)4-21(18,19)15-10-9(11(16)17)14-5-20-10/h1-3,5,15H,4H2,(H,16,17). The van der Waals surface area contributed by atoms with Crippen LogP contribution in [0.25, 0.3) is 0 Å². The highest BCUT2D eigenvalue weighted by atomic mass is 35.5. The minimum absolute atomic E-state index is 0.0642. The fourth-order valence-corrected chi connectivity index (χ4v) is 4.43. The molecule has 21 heavy (non-hydrogen) atoms. The van der Waals surface area contributed by atoms with Crippen molar-refractivity contribution in [2.75, 3.05) is 4.72 Å². The van der Waals surface area contributed by atoms with Crippen LogP contribution >= 0.6 is 34.5 Å².